The summed E-state index contributed by atoms with van der Waals surface area (Å²) < 4.78 is 0. The number of carbonyl (C=O) groups excluding carboxylic acids is 1. The zero-order valence-corrected chi connectivity index (χ0v) is 12.6. The zero-order valence-electron chi connectivity index (χ0n) is 12.6. The van der Waals surface area contributed by atoms with Gasteiger partial charge in [-0.1, -0.05) is 13.8 Å². The number of aromatic carboxylic acids is 1. The number of urea groups is 1. The van der Waals surface area contributed by atoms with Crippen LogP contribution in [-0.2, 0) is 0 Å². The molecule has 1 heterocycles. The number of pyridine rings is 1. The second-order valence-corrected chi connectivity index (χ2v) is 4.72. The summed E-state index contributed by atoms with van der Waals surface area (Å²) >= 11 is 0. The lowest BCUT2D eigenvalue weighted by molar-refractivity contribution is 0.0690. The first-order valence-corrected chi connectivity index (χ1v) is 6.95. The Morgan fingerprint density at radius 2 is 2.00 bits per heavy atom. The molecule has 21 heavy (non-hydrogen) atoms. The normalized spacial score (nSPS) is 12.0. The Hall–Kier alpha value is -2.15. The number of amides is 2. The molecule has 7 heteroatoms. The van der Waals surface area contributed by atoms with Crippen LogP contribution in [0.25, 0.3) is 0 Å². The Bertz CT molecular complexity index is 472. The van der Waals surface area contributed by atoms with Gasteiger partial charge in [0, 0.05) is 12.6 Å². The zero-order chi connectivity index (χ0) is 15.8. The van der Waals surface area contributed by atoms with E-state index in [0.29, 0.717) is 5.69 Å². The van der Waals surface area contributed by atoms with Crippen LogP contribution in [0, 0.1) is 0 Å². The molecule has 0 fully saturated rings. The van der Waals surface area contributed by atoms with Gasteiger partial charge in [0.05, 0.1) is 11.9 Å². The number of nitrogens with zero attached hydrogens (tertiary/aromatic N) is 2. The van der Waals surface area contributed by atoms with Crippen molar-refractivity contribution in [2.45, 2.75) is 26.8 Å². The van der Waals surface area contributed by atoms with Gasteiger partial charge in [-0.25, -0.2) is 14.6 Å². The number of hydrogen-bond acceptors (Lipinski definition) is 4. The van der Waals surface area contributed by atoms with Crippen LogP contribution in [0.2, 0.25) is 0 Å². The lowest BCUT2D eigenvalue weighted by Crippen LogP contribution is -2.43. The van der Waals surface area contributed by atoms with E-state index in [9.17, 15) is 9.59 Å². The van der Waals surface area contributed by atoms with E-state index >= 15 is 0 Å². The van der Waals surface area contributed by atoms with Crippen LogP contribution in [-0.4, -0.2) is 52.7 Å². The van der Waals surface area contributed by atoms with Gasteiger partial charge in [0.25, 0.3) is 0 Å². The average Bonchev–Trinajstić information content (AvgIpc) is 2.45. The minimum absolute atomic E-state index is 0.0103. The largest absolute Gasteiger partial charge is 0.477 e. The molecule has 0 saturated carbocycles. The van der Waals surface area contributed by atoms with Crippen LogP contribution in [0.5, 0.6) is 0 Å². The van der Waals surface area contributed by atoms with Gasteiger partial charge < -0.3 is 20.6 Å². The molecular formula is C14H22N4O3. The van der Waals surface area contributed by atoms with Crippen molar-refractivity contribution < 1.29 is 14.7 Å². The van der Waals surface area contributed by atoms with Crippen molar-refractivity contribution in [3.63, 3.8) is 0 Å². The molecule has 0 saturated heterocycles. The molecule has 1 aromatic heterocycles. The Balaban J connectivity index is 2.47. The molecule has 1 rings (SSSR count). The number of aromatic nitrogens is 1. The van der Waals surface area contributed by atoms with Crippen molar-refractivity contribution in [3.8, 4) is 0 Å². The summed E-state index contributed by atoms with van der Waals surface area (Å²) in [5.74, 6) is -1.10. The lowest BCUT2D eigenvalue weighted by atomic mass is 10.3. The number of hydrogen-bond donors (Lipinski definition) is 3. The minimum Gasteiger partial charge on any atom is -0.477 e. The van der Waals surface area contributed by atoms with Gasteiger partial charge >= 0.3 is 12.0 Å². The van der Waals surface area contributed by atoms with Crippen LogP contribution in [0.3, 0.4) is 0 Å². The Morgan fingerprint density at radius 1 is 1.33 bits per heavy atom. The highest BCUT2D eigenvalue weighted by Gasteiger charge is 2.11. The Kier molecular flexibility index (Phi) is 6.61. The van der Waals surface area contributed by atoms with Crippen LogP contribution < -0.4 is 10.6 Å². The van der Waals surface area contributed by atoms with Gasteiger partial charge in [0.15, 0.2) is 0 Å². The molecule has 3 N–H and O–H groups in total. The van der Waals surface area contributed by atoms with E-state index < -0.39 is 5.97 Å². The summed E-state index contributed by atoms with van der Waals surface area (Å²) in [7, 11) is 0. The van der Waals surface area contributed by atoms with E-state index in [-0.39, 0.29) is 17.8 Å². The first-order chi connectivity index (χ1) is 9.96. The van der Waals surface area contributed by atoms with Crippen LogP contribution in [0.1, 0.15) is 31.3 Å². The molecule has 0 bridgehead atoms. The van der Waals surface area contributed by atoms with Gasteiger partial charge in [-0.05, 0) is 32.1 Å². The van der Waals surface area contributed by atoms with Crippen LogP contribution in [0.4, 0.5) is 10.5 Å². The highest BCUT2D eigenvalue weighted by atomic mass is 16.4. The number of anilines is 1. The molecule has 1 aromatic rings. The van der Waals surface area contributed by atoms with E-state index in [1.165, 1.54) is 18.3 Å². The summed E-state index contributed by atoms with van der Waals surface area (Å²) in [4.78, 5) is 28.4. The average molecular weight is 294 g/mol. The smallest absolute Gasteiger partial charge is 0.354 e. The third-order valence-corrected chi connectivity index (χ3v) is 3.04. The van der Waals surface area contributed by atoms with Gasteiger partial charge in [-0.3, -0.25) is 0 Å². The number of carboxylic acid groups (broad SMARTS) is 1. The third kappa shape index (κ3) is 5.78. The first-order valence-electron chi connectivity index (χ1n) is 6.95. The highest BCUT2D eigenvalue weighted by Crippen LogP contribution is 2.06. The van der Waals surface area contributed by atoms with E-state index in [1.807, 2.05) is 6.92 Å². The maximum absolute atomic E-state index is 11.8. The third-order valence-electron chi connectivity index (χ3n) is 3.04. The van der Waals surface area contributed by atoms with Gasteiger partial charge in [0.1, 0.15) is 5.69 Å². The standard InChI is InChI=1S/C14H22N4O3/c1-4-18(5-2)9-10(3)16-14(21)17-11-6-7-12(13(19)20)15-8-11/h6-8,10H,4-5,9H2,1-3H3,(H,19,20)(H2,16,17,21). The number of rotatable bonds is 7. The Morgan fingerprint density at radius 3 is 2.48 bits per heavy atom. The fraction of sp³-hybridized carbons (Fsp3) is 0.500. The SMILES string of the molecule is CCN(CC)CC(C)NC(=O)Nc1ccc(C(=O)O)nc1. The molecule has 116 valence electrons. The van der Waals surface area contributed by atoms with Crippen LogP contribution in [0.15, 0.2) is 18.3 Å². The molecule has 0 aliphatic carbocycles. The molecule has 7 nitrogen and oxygen atoms in total. The molecule has 1 atom stereocenters. The molecule has 1 unspecified atom stereocenters. The predicted octanol–water partition coefficient (Wildman–Crippen LogP) is 1.63. The maximum atomic E-state index is 11.8. The number of nitrogens with one attached hydrogen (secondary N) is 2. The molecule has 0 aromatic carbocycles. The van der Waals surface area contributed by atoms with E-state index in [1.54, 1.807) is 0 Å². The molecular weight excluding hydrogens is 272 g/mol. The number of carboxylic acids is 1. The fourth-order valence-corrected chi connectivity index (χ4v) is 1.90. The van der Waals surface area contributed by atoms with Crippen molar-refractivity contribution >= 4 is 17.7 Å². The monoisotopic (exact) mass is 294 g/mol. The summed E-state index contributed by atoms with van der Waals surface area (Å²) in [6, 6.07) is 2.53. The van der Waals surface area contributed by atoms with Gasteiger partial charge in [-0.2, -0.15) is 0 Å². The second kappa shape index (κ2) is 8.21. The van der Waals surface area contributed by atoms with Crippen molar-refractivity contribution in [1.82, 2.24) is 15.2 Å². The Labute approximate surface area is 124 Å². The summed E-state index contributed by atoms with van der Waals surface area (Å²) in [5.41, 5.74) is 0.392. The molecule has 0 radical (unpaired) electrons. The fourth-order valence-electron chi connectivity index (χ4n) is 1.90. The number of carbonyl (C=O) groups is 2. The quantitative estimate of drug-likeness (QED) is 0.710. The molecule has 2 amide bonds. The molecule has 0 aliphatic heterocycles. The van der Waals surface area contributed by atoms with Crippen LogP contribution >= 0.6 is 0 Å². The first kappa shape index (κ1) is 16.9. The lowest BCUT2D eigenvalue weighted by Gasteiger charge is -2.23. The van der Waals surface area contributed by atoms with Crippen molar-refractivity contribution in [2.75, 3.05) is 25.0 Å². The van der Waals surface area contributed by atoms with Crippen molar-refractivity contribution in [1.29, 1.82) is 0 Å². The maximum Gasteiger partial charge on any atom is 0.354 e. The number of likely N-dealkylation sites (N-methyl/N-ethyl adjacent to an activating group) is 1. The van der Waals surface area contributed by atoms with Gasteiger partial charge in [-0.15, -0.1) is 0 Å². The summed E-state index contributed by atoms with van der Waals surface area (Å²) in [5, 5.41) is 14.2. The predicted molar refractivity (Wildman–Crippen MR) is 80.6 cm³/mol. The van der Waals surface area contributed by atoms with Crippen molar-refractivity contribution in [2.24, 2.45) is 0 Å². The molecule has 0 spiro atoms. The van der Waals surface area contributed by atoms with E-state index in [2.05, 4.69) is 34.4 Å². The van der Waals surface area contributed by atoms with Crippen molar-refractivity contribution in [3.05, 3.63) is 24.0 Å². The second-order valence-electron chi connectivity index (χ2n) is 4.72. The van der Waals surface area contributed by atoms with E-state index in [4.69, 9.17) is 5.11 Å². The topological polar surface area (TPSA) is 94.6 Å². The summed E-state index contributed by atoms with van der Waals surface area (Å²) in [6.07, 6.45) is 1.32. The highest BCUT2D eigenvalue weighted by molar-refractivity contribution is 5.90. The minimum atomic E-state index is -1.10. The van der Waals surface area contributed by atoms with Gasteiger partial charge in [0.2, 0.25) is 0 Å². The van der Waals surface area contributed by atoms with E-state index in [0.717, 1.165) is 19.6 Å². The summed E-state index contributed by atoms with van der Waals surface area (Å²) in [6.45, 7) is 8.73. The molecule has 0 aliphatic rings.